The van der Waals surface area contributed by atoms with Crippen molar-refractivity contribution in [2.45, 2.75) is 44.0 Å². The van der Waals surface area contributed by atoms with E-state index in [2.05, 4.69) is 20.9 Å². The van der Waals surface area contributed by atoms with E-state index in [1.165, 1.54) is 6.07 Å². The molecule has 1 amide bonds. The molecule has 8 heteroatoms. The molecule has 0 radical (unpaired) electrons. The van der Waals surface area contributed by atoms with Gasteiger partial charge in [-0.2, -0.15) is 11.8 Å². The maximum atomic E-state index is 13.4. The number of nitrogens with one attached hydrogen (secondary N) is 3. The number of carbonyl (C=O) groups excluding carboxylic acids is 1. The molecule has 2 rings (SSSR count). The molecule has 0 unspecified atom stereocenters. The van der Waals surface area contributed by atoms with E-state index < -0.39 is 0 Å². The van der Waals surface area contributed by atoms with Crippen molar-refractivity contribution in [3.05, 3.63) is 35.1 Å². The molecule has 3 N–H and O–H groups in total. The molecule has 0 saturated heterocycles. The molecule has 0 aliphatic heterocycles. The molecule has 1 aliphatic carbocycles. The Morgan fingerprint density at radius 2 is 2.08 bits per heavy atom. The molecular formula is C18H28FIN4OS. The van der Waals surface area contributed by atoms with Crippen molar-refractivity contribution < 1.29 is 9.18 Å². The van der Waals surface area contributed by atoms with Gasteiger partial charge in [-0.3, -0.25) is 9.79 Å². The number of benzene rings is 1. The Labute approximate surface area is 176 Å². The zero-order valence-electron chi connectivity index (χ0n) is 15.3. The number of hydrogen-bond donors (Lipinski definition) is 3. The first-order valence-electron chi connectivity index (χ1n) is 8.62. The Morgan fingerprint density at radius 1 is 1.31 bits per heavy atom. The predicted molar refractivity (Wildman–Crippen MR) is 118 cm³/mol. The average molecular weight is 494 g/mol. The largest absolute Gasteiger partial charge is 0.356 e. The van der Waals surface area contributed by atoms with Gasteiger partial charge in [0.2, 0.25) is 5.91 Å². The number of aliphatic imine (C=N–C) groups is 1. The summed E-state index contributed by atoms with van der Waals surface area (Å²) in [5.41, 5.74) is 2.05. The summed E-state index contributed by atoms with van der Waals surface area (Å²) in [5.74, 6) is 1.37. The van der Waals surface area contributed by atoms with E-state index in [1.807, 2.05) is 12.3 Å². The van der Waals surface area contributed by atoms with Gasteiger partial charge >= 0.3 is 0 Å². The van der Waals surface area contributed by atoms with Crippen LogP contribution in [-0.2, 0) is 17.1 Å². The van der Waals surface area contributed by atoms with Crippen LogP contribution in [0.3, 0.4) is 0 Å². The molecule has 1 saturated carbocycles. The van der Waals surface area contributed by atoms with Gasteiger partial charge < -0.3 is 16.0 Å². The molecule has 1 aromatic rings. The third-order valence-corrected chi connectivity index (χ3v) is 4.55. The fourth-order valence-corrected chi connectivity index (χ4v) is 3.02. The summed E-state index contributed by atoms with van der Waals surface area (Å²) in [7, 11) is 1.71. The third kappa shape index (κ3) is 8.57. The number of hydrogen-bond acceptors (Lipinski definition) is 3. The topological polar surface area (TPSA) is 65.5 Å². The van der Waals surface area contributed by atoms with Gasteiger partial charge in [0.05, 0.1) is 0 Å². The van der Waals surface area contributed by atoms with E-state index in [-0.39, 0.29) is 35.7 Å². The lowest BCUT2D eigenvalue weighted by Gasteiger charge is -2.14. The second-order valence-corrected chi connectivity index (χ2v) is 7.01. The van der Waals surface area contributed by atoms with Gasteiger partial charge in [-0.1, -0.05) is 6.07 Å². The zero-order chi connectivity index (χ0) is 18.1. The van der Waals surface area contributed by atoms with E-state index >= 15 is 0 Å². The minimum absolute atomic E-state index is 0. The Hall–Kier alpha value is -1.03. The van der Waals surface area contributed by atoms with Gasteiger partial charge in [0.25, 0.3) is 0 Å². The molecule has 0 bridgehead atoms. The minimum atomic E-state index is -0.209. The van der Waals surface area contributed by atoms with Crippen LogP contribution in [0.4, 0.5) is 4.39 Å². The van der Waals surface area contributed by atoms with Crippen molar-refractivity contribution >= 4 is 47.6 Å². The Kier molecular flexibility index (Phi) is 11.0. The third-order valence-electron chi connectivity index (χ3n) is 3.95. The molecule has 146 valence electrons. The fraction of sp³-hybridized carbons (Fsp3) is 0.556. The number of nitrogens with zero attached hydrogens (tertiary/aromatic N) is 1. The van der Waals surface area contributed by atoms with Crippen molar-refractivity contribution in [1.29, 1.82) is 0 Å². The summed E-state index contributed by atoms with van der Waals surface area (Å²) in [6, 6.07) is 5.29. The molecular weight excluding hydrogens is 466 g/mol. The molecule has 0 aromatic heterocycles. The van der Waals surface area contributed by atoms with Crippen LogP contribution in [-0.4, -0.2) is 37.8 Å². The van der Waals surface area contributed by atoms with Gasteiger partial charge in [-0.05, 0) is 48.8 Å². The maximum Gasteiger partial charge on any atom is 0.220 e. The molecule has 0 atom stereocenters. The first kappa shape index (κ1) is 23.0. The average Bonchev–Trinajstić information content (AvgIpc) is 3.40. The molecule has 26 heavy (non-hydrogen) atoms. The second kappa shape index (κ2) is 12.4. The highest BCUT2D eigenvalue weighted by molar-refractivity contribution is 14.0. The van der Waals surface area contributed by atoms with Gasteiger partial charge in [0.1, 0.15) is 5.82 Å². The molecule has 0 heterocycles. The van der Waals surface area contributed by atoms with Gasteiger partial charge in [0.15, 0.2) is 5.96 Å². The highest BCUT2D eigenvalue weighted by Gasteiger charge is 2.22. The highest BCUT2D eigenvalue weighted by atomic mass is 127. The van der Waals surface area contributed by atoms with Crippen molar-refractivity contribution in [3.8, 4) is 0 Å². The lowest BCUT2D eigenvalue weighted by atomic mass is 10.1. The number of halogens is 2. The number of guanidine groups is 1. The zero-order valence-corrected chi connectivity index (χ0v) is 18.5. The van der Waals surface area contributed by atoms with E-state index in [0.717, 1.165) is 36.1 Å². The van der Waals surface area contributed by atoms with Crippen LogP contribution < -0.4 is 16.0 Å². The Bertz CT molecular complexity index is 611. The normalized spacial score (nSPS) is 13.7. The first-order valence-corrected chi connectivity index (χ1v) is 10.0. The van der Waals surface area contributed by atoms with Crippen LogP contribution in [0.25, 0.3) is 0 Å². The molecule has 1 fully saturated rings. The lowest BCUT2D eigenvalue weighted by Crippen LogP contribution is -2.38. The van der Waals surface area contributed by atoms with Crippen LogP contribution in [0, 0.1) is 5.82 Å². The number of rotatable bonds is 9. The minimum Gasteiger partial charge on any atom is -0.356 e. The summed E-state index contributed by atoms with van der Waals surface area (Å²) in [4.78, 5) is 15.8. The summed E-state index contributed by atoms with van der Waals surface area (Å²) >= 11 is 1.67. The maximum absolute atomic E-state index is 13.4. The van der Waals surface area contributed by atoms with E-state index in [1.54, 1.807) is 24.9 Å². The lowest BCUT2D eigenvalue weighted by molar-refractivity contribution is -0.121. The standard InChI is InChI=1S/C18H27FN4OS.HI/c1-20-18(21-9-3-4-17(24)23-16-7-8-16)22-11-13-5-6-15(19)10-14(13)12-25-2;/h5-6,10,16H,3-4,7-9,11-12H2,1-2H3,(H,23,24)(H2,20,21,22);1H. The van der Waals surface area contributed by atoms with Crippen LogP contribution in [0.2, 0.25) is 0 Å². The SMILES string of the molecule is CN=C(NCCCC(=O)NC1CC1)NCc1ccc(F)cc1CSC.I. The van der Waals surface area contributed by atoms with Crippen molar-refractivity contribution in [2.24, 2.45) is 4.99 Å². The van der Waals surface area contributed by atoms with E-state index in [0.29, 0.717) is 31.5 Å². The van der Waals surface area contributed by atoms with E-state index in [9.17, 15) is 9.18 Å². The van der Waals surface area contributed by atoms with E-state index in [4.69, 9.17) is 0 Å². The second-order valence-electron chi connectivity index (χ2n) is 6.14. The monoisotopic (exact) mass is 494 g/mol. The van der Waals surface area contributed by atoms with Crippen LogP contribution in [0.5, 0.6) is 0 Å². The van der Waals surface area contributed by atoms with Gasteiger partial charge in [-0.25, -0.2) is 4.39 Å². The first-order chi connectivity index (χ1) is 12.1. The number of carbonyl (C=O) groups is 1. The fourth-order valence-electron chi connectivity index (χ4n) is 2.44. The molecule has 5 nitrogen and oxygen atoms in total. The summed E-state index contributed by atoms with van der Waals surface area (Å²) in [6.07, 6.45) is 5.51. The Morgan fingerprint density at radius 3 is 2.73 bits per heavy atom. The highest BCUT2D eigenvalue weighted by Crippen LogP contribution is 2.18. The van der Waals surface area contributed by atoms with Gasteiger partial charge in [0, 0.05) is 38.4 Å². The summed E-state index contributed by atoms with van der Waals surface area (Å²) < 4.78 is 13.4. The van der Waals surface area contributed by atoms with Crippen LogP contribution >= 0.6 is 35.7 Å². The van der Waals surface area contributed by atoms with Crippen molar-refractivity contribution in [3.63, 3.8) is 0 Å². The molecule has 1 aliphatic rings. The van der Waals surface area contributed by atoms with Crippen LogP contribution in [0.1, 0.15) is 36.8 Å². The summed E-state index contributed by atoms with van der Waals surface area (Å²) in [5, 5.41) is 9.43. The predicted octanol–water partition coefficient (Wildman–Crippen LogP) is 3.03. The number of amides is 1. The number of thioether (sulfide) groups is 1. The smallest absolute Gasteiger partial charge is 0.220 e. The Balaban J connectivity index is 0.00000338. The molecule has 1 aromatic carbocycles. The van der Waals surface area contributed by atoms with Crippen LogP contribution in [0.15, 0.2) is 23.2 Å². The molecule has 0 spiro atoms. The summed E-state index contributed by atoms with van der Waals surface area (Å²) in [6.45, 7) is 1.26. The van der Waals surface area contributed by atoms with Gasteiger partial charge in [-0.15, -0.1) is 24.0 Å². The van der Waals surface area contributed by atoms with Crippen molar-refractivity contribution in [1.82, 2.24) is 16.0 Å². The van der Waals surface area contributed by atoms with Crippen molar-refractivity contribution in [2.75, 3.05) is 19.8 Å². The quantitative estimate of drug-likeness (QED) is 0.214.